The molecule has 0 saturated heterocycles. The summed E-state index contributed by atoms with van der Waals surface area (Å²) in [5.41, 5.74) is 0.782. The molecule has 1 amide bonds. The molecule has 0 fully saturated rings. The molecule has 4 rings (SSSR count). The maximum Gasteiger partial charge on any atom is 0.261 e. The molecule has 0 spiro atoms. The van der Waals surface area contributed by atoms with Gasteiger partial charge in [0.2, 0.25) is 0 Å². The molecule has 1 atom stereocenters. The van der Waals surface area contributed by atoms with E-state index in [4.69, 9.17) is 14.2 Å². The summed E-state index contributed by atoms with van der Waals surface area (Å²) in [6.07, 6.45) is -0.304. The van der Waals surface area contributed by atoms with Crippen molar-refractivity contribution in [2.24, 2.45) is 0 Å². The lowest BCUT2D eigenvalue weighted by Crippen LogP contribution is -2.41. The number of rotatable bonds is 7. The van der Waals surface area contributed by atoms with Gasteiger partial charge in [-0.05, 0) is 60.7 Å². The summed E-state index contributed by atoms with van der Waals surface area (Å²) >= 11 is 0. The number of amides is 1. The third-order valence-electron chi connectivity index (χ3n) is 5.15. The molecule has 3 aromatic rings. The Morgan fingerprint density at radius 3 is 2.36 bits per heavy atom. The van der Waals surface area contributed by atoms with Crippen molar-refractivity contribution in [1.29, 1.82) is 0 Å². The normalized spacial score (nSPS) is 14.9. The van der Waals surface area contributed by atoms with Gasteiger partial charge in [-0.1, -0.05) is 12.1 Å². The monoisotopic (exact) mass is 468 g/mol. The predicted molar refractivity (Wildman–Crippen MR) is 124 cm³/mol. The zero-order chi connectivity index (χ0) is 23.4. The Hall–Kier alpha value is -3.72. The van der Waals surface area contributed by atoms with Crippen molar-refractivity contribution in [3.05, 3.63) is 78.4 Å². The third-order valence-corrected chi connectivity index (χ3v) is 6.54. The molecule has 33 heavy (non-hydrogen) atoms. The van der Waals surface area contributed by atoms with E-state index in [1.165, 1.54) is 36.3 Å². The zero-order valence-corrected chi connectivity index (χ0v) is 19.0. The van der Waals surface area contributed by atoms with Crippen molar-refractivity contribution in [1.82, 2.24) is 4.90 Å². The molecular weight excluding hydrogens is 444 g/mol. The smallest absolute Gasteiger partial charge is 0.261 e. The minimum atomic E-state index is -3.80. The fourth-order valence-corrected chi connectivity index (χ4v) is 4.47. The average Bonchev–Trinajstić information content (AvgIpc) is 2.84. The van der Waals surface area contributed by atoms with E-state index in [-0.39, 0.29) is 16.9 Å². The molecule has 1 unspecified atom stereocenters. The standard InChI is InChI=1S/C24H24N2O6S/c1-26(15-20-16-31-22-5-3-4-6-23(22)32-20)24(27)17-7-13-21(14-8-17)33(28,29)25-18-9-11-19(30-2)12-10-18/h3-14,20,25H,15-16H2,1-2H3. The number of anilines is 1. The molecule has 1 aliphatic rings. The van der Waals surface area contributed by atoms with Gasteiger partial charge >= 0.3 is 0 Å². The highest BCUT2D eigenvalue weighted by atomic mass is 32.2. The van der Waals surface area contributed by atoms with E-state index in [1.54, 1.807) is 31.3 Å². The summed E-state index contributed by atoms with van der Waals surface area (Å²) < 4.78 is 44.5. The number of fused-ring (bicyclic) bond motifs is 1. The number of sulfonamides is 1. The third kappa shape index (κ3) is 5.20. The Morgan fingerprint density at radius 1 is 1.03 bits per heavy atom. The fraction of sp³-hybridized carbons (Fsp3) is 0.208. The molecule has 0 bridgehead atoms. The number of para-hydroxylation sites is 2. The molecule has 1 aliphatic heterocycles. The van der Waals surface area contributed by atoms with E-state index in [2.05, 4.69) is 4.72 Å². The molecule has 172 valence electrons. The first-order valence-electron chi connectivity index (χ1n) is 10.3. The van der Waals surface area contributed by atoms with Crippen LogP contribution in [0.4, 0.5) is 5.69 Å². The molecule has 0 radical (unpaired) electrons. The summed E-state index contributed by atoms with van der Waals surface area (Å²) in [4.78, 5) is 14.4. The Kier molecular flexibility index (Phi) is 6.41. The first kappa shape index (κ1) is 22.5. The van der Waals surface area contributed by atoms with Gasteiger partial charge in [0.1, 0.15) is 12.4 Å². The highest BCUT2D eigenvalue weighted by Crippen LogP contribution is 2.31. The van der Waals surface area contributed by atoms with Crippen molar-refractivity contribution in [3.63, 3.8) is 0 Å². The first-order chi connectivity index (χ1) is 15.9. The van der Waals surface area contributed by atoms with Crippen LogP contribution in [-0.4, -0.2) is 52.6 Å². The molecule has 1 heterocycles. The summed E-state index contributed by atoms with van der Waals surface area (Å²) in [7, 11) is -0.594. The highest BCUT2D eigenvalue weighted by molar-refractivity contribution is 7.92. The number of carbonyl (C=O) groups excluding carboxylic acids is 1. The van der Waals surface area contributed by atoms with Crippen molar-refractivity contribution in [2.45, 2.75) is 11.0 Å². The Morgan fingerprint density at radius 2 is 1.70 bits per heavy atom. The Balaban J connectivity index is 1.39. The van der Waals surface area contributed by atoms with Crippen LogP contribution in [0, 0.1) is 0 Å². The number of nitrogens with one attached hydrogen (secondary N) is 1. The first-order valence-corrected chi connectivity index (χ1v) is 11.7. The number of ether oxygens (including phenoxy) is 3. The fourth-order valence-electron chi connectivity index (χ4n) is 3.41. The number of likely N-dealkylation sites (N-methyl/N-ethyl adjacent to an activating group) is 1. The molecular formula is C24H24N2O6S. The van der Waals surface area contributed by atoms with Gasteiger partial charge in [0.25, 0.3) is 15.9 Å². The quantitative estimate of drug-likeness (QED) is 0.571. The van der Waals surface area contributed by atoms with Crippen LogP contribution in [-0.2, 0) is 10.0 Å². The minimum absolute atomic E-state index is 0.0538. The Bertz CT molecular complexity index is 1230. The second-order valence-corrected chi connectivity index (χ2v) is 9.22. The van der Waals surface area contributed by atoms with Crippen LogP contribution < -0.4 is 18.9 Å². The van der Waals surface area contributed by atoms with Crippen LogP contribution in [0.1, 0.15) is 10.4 Å². The van der Waals surface area contributed by atoms with E-state index in [9.17, 15) is 13.2 Å². The molecule has 0 aromatic heterocycles. The summed E-state index contributed by atoms with van der Waals surface area (Å²) in [5, 5.41) is 0. The van der Waals surface area contributed by atoms with Crippen LogP contribution in [0.5, 0.6) is 17.2 Å². The SMILES string of the molecule is COc1ccc(NS(=O)(=O)c2ccc(C(=O)N(C)CC3COc4ccccc4O3)cc2)cc1. The topological polar surface area (TPSA) is 94.2 Å². The zero-order valence-electron chi connectivity index (χ0n) is 18.2. The van der Waals surface area contributed by atoms with Crippen molar-refractivity contribution >= 4 is 21.6 Å². The summed E-state index contributed by atoms with van der Waals surface area (Å²) in [6.45, 7) is 0.662. The maximum absolute atomic E-state index is 12.8. The lowest BCUT2D eigenvalue weighted by molar-refractivity contribution is 0.0521. The largest absolute Gasteiger partial charge is 0.497 e. The van der Waals surface area contributed by atoms with Crippen LogP contribution in [0.15, 0.2) is 77.7 Å². The lowest BCUT2D eigenvalue weighted by atomic mass is 10.2. The number of methoxy groups -OCH3 is 1. The molecule has 9 heteroatoms. The van der Waals surface area contributed by atoms with Gasteiger partial charge in [0.05, 0.1) is 18.6 Å². The Labute approximate surface area is 192 Å². The van der Waals surface area contributed by atoms with Gasteiger partial charge in [-0.15, -0.1) is 0 Å². The van der Waals surface area contributed by atoms with Gasteiger partial charge in [0.15, 0.2) is 17.6 Å². The number of nitrogens with zero attached hydrogens (tertiary/aromatic N) is 1. The van der Waals surface area contributed by atoms with Crippen LogP contribution >= 0.6 is 0 Å². The second kappa shape index (κ2) is 9.41. The number of benzene rings is 3. The van der Waals surface area contributed by atoms with Gasteiger partial charge in [-0.25, -0.2) is 8.42 Å². The van der Waals surface area contributed by atoms with Crippen molar-refractivity contribution < 1.29 is 27.4 Å². The molecule has 1 N–H and O–H groups in total. The van der Waals surface area contributed by atoms with Gasteiger partial charge < -0.3 is 19.1 Å². The van der Waals surface area contributed by atoms with Crippen LogP contribution in [0.2, 0.25) is 0 Å². The number of hydrogen-bond acceptors (Lipinski definition) is 6. The summed E-state index contributed by atoms with van der Waals surface area (Å²) in [5.74, 6) is 1.71. The second-order valence-electron chi connectivity index (χ2n) is 7.54. The highest BCUT2D eigenvalue weighted by Gasteiger charge is 2.24. The lowest BCUT2D eigenvalue weighted by Gasteiger charge is -2.29. The van der Waals surface area contributed by atoms with Crippen molar-refractivity contribution in [3.8, 4) is 17.2 Å². The molecule has 0 aliphatic carbocycles. The molecule has 3 aromatic carbocycles. The number of hydrogen-bond donors (Lipinski definition) is 1. The number of carbonyl (C=O) groups is 1. The van der Waals surface area contributed by atoms with Crippen LogP contribution in [0.25, 0.3) is 0 Å². The predicted octanol–water partition coefficient (Wildman–Crippen LogP) is 3.41. The van der Waals surface area contributed by atoms with Crippen LogP contribution in [0.3, 0.4) is 0 Å². The van der Waals surface area contributed by atoms with E-state index in [1.807, 2.05) is 24.3 Å². The van der Waals surface area contributed by atoms with Gasteiger partial charge in [-0.3, -0.25) is 9.52 Å². The maximum atomic E-state index is 12.8. The van der Waals surface area contributed by atoms with E-state index in [0.29, 0.717) is 41.7 Å². The minimum Gasteiger partial charge on any atom is -0.497 e. The van der Waals surface area contributed by atoms with E-state index in [0.717, 1.165) is 0 Å². The van der Waals surface area contributed by atoms with E-state index < -0.39 is 10.0 Å². The summed E-state index contributed by atoms with van der Waals surface area (Å²) in [6, 6.07) is 19.7. The van der Waals surface area contributed by atoms with Gasteiger partial charge in [0, 0.05) is 18.3 Å². The average molecular weight is 469 g/mol. The van der Waals surface area contributed by atoms with Crippen molar-refractivity contribution in [2.75, 3.05) is 32.0 Å². The molecule has 8 nitrogen and oxygen atoms in total. The molecule has 0 saturated carbocycles. The van der Waals surface area contributed by atoms with Gasteiger partial charge in [-0.2, -0.15) is 0 Å². The van der Waals surface area contributed by atoms with E-state index >= 15 is 0 Å².